The molecule has 0 bridgehead atoms. The van der Waals surface area contributed by atoms with Gasteiger partial charge in [-0.05, 0) is 37.3 Å². The molecule has 1 heterocycles. The topological polar surface area (TPSA) is 17.1 Å². The molecule has 0 spiro atoms. The molecule has 0 amide bonds. The molecule has 0 aliphatic rings. The molecule has 0 saturated heterocycles. The average molecular weight is 224 g/mol. The van der Waals surface area contributed by atoms with Gasteiger partial charge in [-0.3, -0.25) is 4.79 Å². The van der Waals surface area contributed by atoms with Gasteiger partial charge in [0.1, 0.15) is 0 Å². The minimum absolute atomic E-state index is 0.247. The van der Waals surface area contributed by atoms with Crippen LogP contribution in [0.1, 0.15) is 53.7 Å². The summed E-state index contributed by atoms with van der Waals surface area (Å²) in [5, 5.41) is 0. The fraction of sp³-hybridized carbons (Fsp3) is 0.615. The minimum Gasteiger partial charge on any atom is -0.293 e. The second-order valence-corrected chi connectivity index (χ2v) is 6.59. The van der Waals surface area contributed by atoms with Gasteiger partial charge in [0, 0.05) is 11.3 Å². The molecule has 0 fully saturated rings. The number of rotatable bonds is 3. The van der Waals surface area contributed by atoms with Crippen LogP contribution < -0.4 is 0 Å². The number of ketones is 1. The van der Waals surface area contributed by atoms with Gasteiger partial charge in [0.05, 0.1) is 4.88 Å². The molecule has 0 aliphatic heterocycles. The molecule has 2 heteroatoms. The Morgan fingerprint density at radius 3 is 2.33 bits per heavy atom. The SMILES string of the molecule is Cc1cc(C(=O)CCC(C)(C)C)sc1C. The summed E-state index contributed by atoms with van der Waals surface area (Å²) in [6.45, 7) is 10.6. The van der Waals surface area contributed by atoms with Gasteiger partial charge >= 0.3 is 0 Å². The third-order valence-corrected chi connectivity index (χ3v) is 3.74. The summed E-state index contributed by atoms with van der Waals surface area (Å²) in [7, 11) is 0. The van der Waals surface area contributed by atoms with Crippen LogP contribution in [0, 0.1) is 19.3 Å². The quantitative estimate of drug-likeness (QED) is 0.697. The second-order valence-electron chi connectivity index (χ2n) is 5.33. The van der Waals surface area contributed by atoms with E-state index in [1.165, 1.54) is 10.4 Å². The van der Waals surface area contributed by atoms with E-state index in [2.05, 4.69) is 34.6 Å². The summed E-state index contributed by atoms with van der Waals surface area (Å²) >= 11 is 1.62. The number of hydrogen-bond acceptors (Lipinski definition) is 2. The van der Waals surface area contributed by atoms with E-state index in [9.17, 15) is 4.79 Å². The van der Waals surface area contributed by atoms with Crippen molar-refractivity contribution in [3.8, 4) is 0 Å². The Morgan fingerprint density at radius 1 is 1.33 bits per heavy atom. The Labute approximate surface area is 96.5 Å². The van der Waals surface area contributed by atoms with E-state index < -0.39 is 0 Å². The van der Waals surface area contributed by atoms with Crippen molar-refractivity contribution in [3.63, 3.8) is 0 Å². The maximum atomic E-state index is 11.9. The van der Waals surface area contributed by atoms with Crippen LogP contribution in [0.4, 0.5) is 0 Å². The molecule has 0 N–H and O–H groups in total. The van der Waals surface area contributed by atoms with Crippen molar-refractivity contribution in [1.82, 2.24) is 0 Å². The number of carbonyl (C=O) groups excluding carboxylic acids is 1. The molecule has 1 aromatic heterocycles. The first-order valence-corrected chi connectivity index (χ1v) is 6.21. The van der Waals surface area contributed by atoms with Crippen LogP contribution in [0.15, 0.2) is 6.07 Å². The Balaban J connectivity index is 2.62. The summed E-state index contributed by atoms with van der Waals surface area (Å²) in [6.07, 6.45) is 1.63. The highest BCUT2D eigenvalue weighted by Crippen LogP contribution is 2.26. The van der Waals surface area contributed by atoms with Crippen LogP contribution >= 0.6 is 11.3 Å². The van der Waals surface area contributed by atoms with Gasteiger partial charge in [-0.25, -0.2) is 0 Å². The largest absolute Gasteiger partial charge is 0.293 e. The maximum absolute atomic E-state index is 11.9. The van der Waals surface area contributed by atoms with Gasteiger partial charge < -0.3 is 0 Å². The lowest BCUT2D eigenvalue weighted by molar-refractivity contribution is 0.0970. The smallest absolute Gasteiger partial charge is 0.172 e. The number of Topliss-reactive ketones (excluding diaryl/α,β-unsaturated/α-hetero) is 1. The molecule has 0 atom stereocenters. The fourth-order valence-corrected chi connectivity index (χ4v) is 2.32. The fourth-order valence-electron chi connectivity index (χ4n) is 1.32. The predicted octanol–water partition coefficient (Wildman–Crippen LogP) is 4.37. The third-order valence-electron chi connectivity index (χ3n) is 2.54. The molecule has 0 aliphatic carbocycles. The van der Waals surface area contributed by atoms with Gasteiger partial charge in [0.15, 0.2) is 5.78 Å². The van der Waals surface area contributed by atoms with E-state index >= 15 is 0 Å². The summed E-state index contributed by atoms with van der Waals surface area (Å²) in [5.41, 5.74) is 1.48. The lowest BCUT2D eigenvalue weighted by Gasteiger charge is -2.16. The first-order valence-electron chi connectivity index (χ1n) is 5.40. The number of hydrogen-bond donors (Lipinski definition) is 0. The van der Waals surface area contributed by atoms with Crippen LogP contribution in [-0.2, 0) is 0 Å². The lowest BCUT2D eigenvalue weighted by Crippen LogP contribution is -2.08. The number of aryl methyl sites for hydroxylation is 2. The first kappa shape index (κ1) is 12.4. The zero-order chi connectivity index (χ0) is 11.6. The first-order chi connectivity index (χ1) is 6.79. The summed E-state index contributed by atoms with van der Waals surface area (Å²) in [5.74, 6) is 0.297. The van der Waals surface area contributed by atoms with Crippen molar-refractivity contribution in [2.24, 2.45) is 5.41 Å². The normalized spacial score (nSPS) is 11.8. The standard InChI is InChI=1S/C13H20OS/c1-9-8-12(15-10(9)2)11(14)6-7-13(3,4)5/h8H,6-7H2,1-5H3. The third kappa shape index (κ3) is 3.78. The van der Waals surface area contributed by atoms with E-state index in [0.717, 1.165) is 11.3 Å². The molecule has 0 aromatic carbocycles. The Bertz CT molecular complexity index is 336. The van der Waals surface area contributed by atoms with Gasteiger partial charge in [0.25, 0.3) is 0 Å². The molecular weight excluding hydrogens is 204 g/mol. The molecule has 15 heavy (non-hydrogen) atoms. The van der Waals surface area contributed by atoms with Crippen LogP contribution in [0.3, 0.4) is 0 Å². The van der Waals surface area contributed by atoms with Crippen molar-refractivity contribution in [1.29, 1.82) is 0 Å². The lowest BCUT2D eigenvalue weighted by atomic mass is 9.89. The molecule has 84 valence electrons. The zero-order valence-electron chi connectivity index (χ0n) is 10.3. The van der Waals surface area contributed by atoms with Gasteiger partial charge in [0.2, 0.25) is 0 Å². The second kappa shape index (κ2) is 4.48. The average Bonchev–Trinajstić information content (AvgIpc) is 2.42. The Hall–Kier alpha value is -0.630. The van der Waals surface area contributed by atoms with Crippen molar-refractivity contribution in [2.75, 3.05) is 0 Å². The zero-order valence-corrected chi connectivity index (χ0v) is 11.1. The van der Waals surface area contributed by atoms with Crippen LogP contribution in [0.2, 0.25) is 0 Å². The molecule has 0 unspecified atom stereocenters. The maximum Gasteiger partial charge on any atom is 0.172 e. The van der Waals surface area contributed by atoms with Crippen molar-refractivity contribution in [3.05, 3.63) is 21.4 Å². The van der Waals surface area contributed by atoms with E-state index in [0.29, 0.717) is 12.2 Å². The van der Waals surface area contributed by atoms with Gasteiger partial charge in [-0.15, -0.1) is 11.3 Å². The Morgan fingerprint density at radius 2 is 1.93 bits per heavy atom. The van der Waals surface area contributed by atoms with E-state index in [-0.39, 0.29) is 5.41 Å². The molecule has 0 saturated carbocycles. The monoisotopic (exact) mass is 224 g/mol. The van der Waals surface area contributed by atoms with E-state index in [4.69, 9.17) is 0 Å². The molecular formula is C13H20OS. The Kier molecular flexibility index (Phi) is 3.72. The number of carbonyl (C=O) groups is 1. The molecule has 1 rings (SSSR count). The molecule has 1 aromatic rings. The molecule has 0 radical (unpaired) electrons. The highest BCUT2D eigenvalue weighted by atomic mass is 32.1. The van der Waals surface area contributed by atoms with Gasteiger partial charge in [-0.2, -0.15) is 0 Å². The predicted molar refractivity (Wildman–Crippen MR) is 66.8 cm³/mol. The number of thiophene rings is 1. The summed E-state index contributed by atoms with van der Waals surface area (Å²) < 4.78 is 0. The van der Waals surface area contributed by atoms with E-state index in [1.54, 1.807) is 11.3 Å². The van der Waals surface area contributed by atoms with Crippen LogP contribution in [-0.4, -0.2) is 5.78 Å². The van der Waals surface area contributed by atoms with Crippen molar-refractivity contribution >= 4 is 17.1 Å². The van der Waals surface area contributed by atoms with Gasteiger partial charge in [-0.1, -0.05) is 20.8 Å². The minimum atomic E-state index is 0.247. The molecule has 1 nitrogen and oxygen atoms in total. The van der Waals surface area contributed by atoms with Crippen molar-refractivity contribution < 1.29 is 4.79 Å². The van der Waals surface area contributed by atoms with Crippen LogP contribution in [0.25, 0.3) is 0 Å². The van der Waals surface area contributed by atoms with E-state index in [1.807, 2.05) is 6.07 Å². The van der Waals surface area contributed by atoms with Crippen molar-refractivity contribution in [2.45, 2.75) is 47.5 Å². The highest BCUT2D eigenvalue weighted by Gasteiger charge is 2.15. The summed E-state index contributed by atoms with van der Waals surface area (Å²) in [6, 6.07) is 2.02. The highest BCUT2D eigenvalue weighted by molar-refractivity contribution is 7.14. The van der Waals surface area contributed by atoms with Crippen LogP contribution in [0.5, 0.6) is 0 Å². The summed E-state index contributed by atoms with van der Waals surface area (Å²) in [4.78, 5) is 14.1.